The second kappa shape index (κ2) is 15.3. The smallest absolute Gasteiger partial charge is 0.162 e. The number of piperazine rings is 2. The molecule has 4 fully saturated rings. The molecule has 7 rings (SSSR count). The van der Waals surface area contributed by atoms with E-state index in [9.17, 15) is 4.79 Å². The highest BCUT2D eigenvalue weighted by Crippen LogP contribution is 2.42. The van der Waals surface area contributed by atoms with Crippen LogP contribution in [0.15, 0.2) is 30.7 Å². The van der Waals surface area contributed by atoms with Gasteiger partial charge in [-0.1, -0.05) is 0 Å². The van der Waals surface area contributed by atoms with Crippen LogP contribution in [0.2, 0.25) is 0 Å². The first-order valence-electron chi connectivity index (χ1n) is 15.6. The first-order chi connectivity index (χ1) is 21.3. The Kier molecular flexibility index (Phi) is 11.5. The first kappa shape index (κ1) is 33.1. The Balaban J connectivity index is 0.000000150. The minimum atomic E-state index is -0.127. The zero-order valence-corrected chi connectivity index (χ0v) is 28.2. The van der Waals surface area contributed by atoms with Crippen LogP contribution < -0.4 is 15.5 Å². The van der Waals surface area contributed by atoms with E-state index in [0.717, 1.165) is 81.2 Å². The lowest BCUT2D eigenvalue weighted by Crippen LogP contribution is -2.44. The largest absolute Gasteiger partial charge is 0.382 e. The van der Waals surface area contributed by atoms with Gasteiger partial charge in [-0.3, -0.25) is 4.79 Å². The first-order valence-corrected chi connectivity index (χ1v) is 17.2. The summed E-state index contributed by atoms with van der Waals surface area (Å²) in [6.45, 7) is 8.69. The van der Waals surface area contributed by atoms with Crippen LogP contribution in [-0.2, 0) is 10.7 Å². The van der Waals surface area contributed by atoms with Gasteiger partial charge in [0.1, 0.15) is 5.82 Å². The fourth-order valence-electron chi connectivity index (χ4n) is 5.59. The molecule has 3 aromatic rings. The maximum atomic E-state index is 9.92. The van der Waals surface area contributed by atoms with Crippen molar-refractivity contribution in [3.63, 3.8) is 0 Å². The van der Waals surface area contributed by atoms with Crippen molar-refractivity contribution in [3.8, 4) is 0 Å². The Hall–Kier alpha value is -2.30. The number of pyridine rings is 2. The van der Waals surface area contributed by atoms with Crippen LogP contribution in [0, 0.1) is 0 Å². The second-order valence-corrected chi connectivity index (χ2v) is 13.2. The zero-order valence-electron chi connectivity index (χ0n) is 25.9. The van der Waals surface area contributed by atoms with Gasteiger partial charge in [0.15, 0.2) is 11.4 Å². The predicted octanol–water partition coefficient (Wildman–Crippen LogP) is 5.03. The summed E-state index contributed by atoms with van der Waals surface area (Å²) < 4.78 is 2.18. The van der Waals surface area contributed by atoms with Crippen LogP contribution in [0.4, 0.5) is 17.2 Å². The summed E-state index contributed by atoms with van der Waals surface area (Å²) >= 11 is 16.0. The number of aromatic nitrogens is 3. The number of fused-ring (bicyclic) bond motifs is 1. The van der Waals surface area contributed by atoms with E-state index in [1.165, 1.54) is 42.5 Å². The normalized spacial score (nSPS) is 19.3. The lowest BCUT2D eigenvalue weighted by Gasteiger charge is -2.34. The molecule has 4 aliphatic rings. The lowest BCUT2D eigenvalue weighted by molar-refractivity contribution is -0.114. The van der Waals surface area contributed by atoms with Crippen molar-refractivity contribution in [2.75, 3.05) is 93.7 Å². The van der Waals surface area contributed by atoms with Crippen LogP contribution in [0.25, 0.3) is 5.65 Å². The molecule has 0 amide bonds. The molecule has 5 heterocycles. The van der Waals surface area contributed by atoms with Gasteiger partial charge in [-0.2, -0.15) is 0 Å². The lowest BCUT2D eigenvalue weighted by atomic mass is 10.1. The summed E-state index contributed by atoms with van der Waals surface area (Å²) in [7, 11) is 4.36. The minimum absolute atomic E-state index is 0.0312. The third-order valence-corrected chi connectivity index (χ3v) is 9.61. The van der Waals surface area contributed by atoms with E-state index in [4.69, 9.17) is 45.5 Å². The van der Waals surface area contributed by atoms with Gasteiger partial charge in [0, 0.05) is 70.9 Å². The number of carbonyl (C=O) groups is 1. The van der Waals surface area contributed by atoms with Crippen molar-refractivity contribution < 1.29 is 4.79 Å². The van der Waals surface area contributed by atoms with Crippen molar-refractivity contribution in [1.82, 2.24) is 24.2 Å². The number of ketones is 1. The Bertz CT molecular complexity index is 1390. The van der Waals surface area contributed by atoms with Gasteiger partial charge in [0.2, 0.25) is 0 Å². The van der Waals surface area contributed by atoms with E-state index in [1.807, 2.05) is 6.20 Å². The molecule has 0 radical (unpaired) electrons. The Labute approximate surface area is 276 Å². The van der Waals surface area contributed by atoms with Crippen LogP contribution >= 0.6 is 34.8 Å². The second-order valence-electron chi connectivity index (χ2n) is 12.4. The van der Waals surface area contributed by atoms with Gasteiger partial charge >= 0.3 is 0 Å². The maximum Gasteiger partial charge on any atom is 0.162 e. The van der Waals surface area contributed by atoms with Crippen LogP contribution in [0.5, 0.6) is 0 Å². The SMILES string of the molecule is CN1CCN(c2cc(C3CC3)cn3cc(CCl)nc23)CC1.CN1CCN(c2cc(C3CC3)cnc2N)CC1.O=C(CCl)CCl. The highest BCUT2D eigenvalue weighted by Gasteiger charge is 2.27. The van der Waals surface area contributed by atoms with E-state index in [-0.39, 0.29) is 17.5 Å². The molecule has 9 nitrogen and oxygen atoms in total. The molecule has 240 valence electrons. The zero-order chi connectivity index (χ0) is 31.2. The third-order valence-electron chi connectivity index (χ3n) is 8.74. The topological polar surface area (TPSA) is 86.2 Å². The number of halogens is 3. The van der Waals surface area contributed by atoms with E-state index in [2.05, 4.69) is 67.6 Å². The number of hydrogen-bond acceptors (Lipinski definition) is 8. The van der Waals surface area contributed by atoms with E-state index < -0.39 is 0 Å². The number of alkyl halides is 3. The van der Waals surface area contributed by atoms with Crippen LogP contribution in [0.1, 0.15) is 54.3 Å². The highest BCUT2D eigenvalue weighted by atomic mass is 35.5. The fraction of sp³-hybridized carbons (Fsp3) is 0.594. The fourth-order valence-corrected chi connectivity index (χ4v) is 6.01. The molecular weight excluding hydrogens is 619 g/mol. The number of likely N-dealkylation sites (N-methyl/N-ethyl adjacent to an activating group) is 2. The van der Waals surface area contributed by atoms with Gasteiger partial charge in [0.25, 0.3) is 0 Å². The van der Waals surface area contributed by atoms with Crippen molar-refractivity contribution in [3.05, 3.63) is 47.5 Å². The van der Waals surface area contributed by atoms with Crippen molar-refractivity contribution in [2.24, 2.45) is 0 Å². The summed E-state index contributed by atoms with van der Waals surface area (Å²) in [4.78, 5) is 28.6. The molecule has 0 spiro atoms. The van der Waals surface area contributed by atoms with Gasteiger partial charge in [-0.15, -0.1) is 34.8 Å². The number of hydrogen-bond donors (Lipinski definition) is 1. The van der Waals surface area contributed by atoms with Gasteiger partial charge in [0.05, 0.1) is 34.7 Å². The molecule has 0 unspecified atom stereocenters. The van der Waals surface area contributed by atoms with Crippen molar-refractivity contribution in [1.29, 1.82) is 0 Å². The Morgan fingerprint density at radius 2 is 1.32 bits per heavy atom. The van der Waals surface area contributed by atoms with Gasteiger partial charge < -0.3 is 29.7 Å². The van der Waals surface area contributed by atoms with Crippen LogP contribution in [-0.4, -0.2) is 108 Å². The predicted molar refractivity (Wildman–Crippen MR) is 183 cm³/mol. The summed E-state index contributed by atoms with van der Waals surface area (Å²) in [6, 6.07) is 4.62. The van der Waals surface area contributed by atoms with E-state index >= 15 is 0 Å². The molecule has 0 aromatic carbocycles. The number of nitrogen functional groups attached to an aromatic ring is 1. The number of nitrogens with two attached hydrogens (primary N) is 1. The Morgan fingerprint density at radius 3 is 1.82 bits per heavy atom. The summed E-state index contributed by atoms with van der Waals surface area (Å²) in [6.07, 6.45) is 11.5. The summed E-state index contributed by atoms with van der Waals surface area (Å²) in [5.74, 6) is 2.59. The average molecular weight is 664 g/mol. The number of nitrogens with zero attached hydrogens (tertiary/aromatic N) is 7. The molecule has 2 N–H and O–H groups in total. The Morgan fingerprint density at radius 1 is 0.795 bits per heavy atom. The average Bonchev–Trinajstić information content (AvgIpc) is 3.99. The number of Topliss-reactive ketones (excluding diaryl/α,β-unsaturated/α-hetero) is 1. The molecule has 3 aromatic heterocycles. The summed E-state index contributed by atoms with van der Waals surface area (Å²) in [5, 5.41) is 0. The number of rotatable bonds is 7. The summed E-state index contributed by atoms with van der Waals surface area (Å²) in [5.41, 5.74) is 13.3. The number of imidazole rings is 1. The molecule has 12 heteroatoms. The number of anilines is 3. The molecule has 44 heavy (non-hydrogen) atoms. The third kappa shape index (κ3) is 8.69. The van der Waals surface area contributed by atoms with Gasteiger partial charge in [-0.25, -0.2) is 9.97 Å². The maximum absolute atomic E-state index is 9.92. The quantitative estimate of drug-likeness (QED) is 0.353. The van der Waals surface area contributed by atoms with Gasteiger partial charge in [-0.05, 0) is 74.9 Å². The van der Waals surface area contributed by atoms with Crippen molar-refractivity contribution >= 4 is 63.4 Å². The minimum Gasteiger partial charge on any atom is -0.382 e. The monoisotopic (exact) mass is 662 g/mol. The molecule has 2 aliphatic heterocycles. The highest BCUT2D eigenvalue weighted by molar-refractivity contribution is 6.35. The standard InChI is InChI=1S/C16H21ClN4.C13H20N4.C3H4Cl2O/c1-19-4-6-20(7-5-19)15-8-13(12-2-3-12)10-21-11-14(9-17)18-16(15)21;1-16-4-6-17(7-5-16)12-8-11(10-2-3-10)9-15-13(12)14;4-1-3(6)2-5/h8,10-12H,2-7,9H2,1H3;8-10H,2-7H2,1H3,(H2,14,15);1-2H2. The molecule has 2 saturated heterocycles. The molecule has 2 saturated carbocycles. The molecule has 0 bridgehead atoms. The van der Waals surface area contributed by atoms with Crippen molar-refractivity contribution in [2.45, 2.75) is 43.4 Å². The molecular formula is C32H45Cl3N8O. The number of carbonyl (C=O) groups excluding carboxylic acids is 1. The van der Waals surface area contributed by atoms with E-state index in [0.29, 0.717) is 11.7 Å². The molecule has 0 atom stereocenters. The van der Waals surface area contributed by atoms with Crippen LogP contribution in [0.3, 0.4) is 0 Å². The van der Waals surface area contributed by atoms with E-state index in [1.54, 1.807) is 0 Å². The molecule has 2 aliphatic carbocycles.